The Hall–Kier alpha value is -1.29. The molecule has 0 saturated carbocycles. The first kappa shape index (κ1) is 11.2. The second-order valence-corrected chi connectivity index (χ2v) is 4.70. The van der Waals surface area contributed by atoms with Crippen LogP contribution in [0.1, 0.15) is 18.9 Å². The molecule has 0 radical (unpaired) electrons. The monoisotopic (exact) mass is 221 g/mol. The number of aromatic nitrogens is 1. The number of rotatable bonds is 1. The highest BCUT2D eigenvalue weighted by Crippen LogP contribution is 2.26. The molecule has 1 saturated heterocycles. The topological polar surface area (TPSA) is 62.4 Å². The van der Waals surface area contributed by atoms with Crippen molar-refractivity contribution < 1.29 is 5.11 Å². The third-order valence-corrected chi connectivity index (χ3v) is 3.19. The van der Waals surface area contributed by atoms with Crippen LogP contribution < -0.4 is 10.6 Å². The van der Waals surface area contributed by atoms with Crippen molar-refractivity contribution in [3.8, 4) is 0 Å². The Morgan fingerprint density at radius 1 is 1.56 bits per heavy atom. The molecule has 1 aliphatic heterocycles. The van der Waals surface area contributed by atoms with Gasteiger partial charge in [0, 0.05) is 19.3 Å². The number of nitrogens with two attached hydrogens (primary N) is 1. The minimum absolute atomic E-state index is 0.192. The van der Waals surface area contributed by atoms with E-state index in [0.29, 0.717) is 0 Å². The first-order chi connectivity index (χ1) is 7.58. The van der Waals surface area contributed by atoms with E-state index in [1.165, 1.54) is 0 Å². The van der Waals surface area contributed by atoms with Crippen LogP contribution in [0.15, 0.2) is 12.3 Å². The van der Waals surface area contributed by atoms with E-state index in [2.05, 4.69) is 16.8 Å². The molecule has 2 atom stereocenters. The van der Waals surface area contributed by atoms with Crippen molar-refractivity contribution in [1.82, 2.24) is 4.98 Å². The molecule has 0 aromatic carbocycles. The Kier molecular flexibility index (Phi) is 3.01. The van der Waals surface area contributed by atoms with Crippen LogP contribution in [-0.4, -0.2) is 29.3 Å². The Balaban J connectivity index is 2.18. The number of hydrogen-bond donors (Lipinski definition) is 2. The van der Waals surface area contributed by atoms with Gasteiger partial charge in [-0.05, 0) is 30.9 Å². The lowest BCUT2D eigenvalue weighted by molar-refractivity contribution is 0.0969. The van der Waals surface area contributed by atoms with Crippen LogP contribution in [0.5, 0.6) is 0 Å². The summed E-state index contributed by atoms with van der Waals surface area (Å²) in [4.78, 5) is 6.54. The number of aryl methyl sites for hydroxylation is 1. The fourth-order valence-corrected chi connectivity index (χ4v) is 2.17. The van der Waals surface area contributed by atoms with Crippen molar-refractivity contribution in [3.05, 3.63) is 17.8 Å². The predicted molar refractivity (Wildman–Crippen MR) is 65.4 cm³/mol. The third kappa shape index (κ3) is 2.11. The maximum Gasteiger partial charge on any atom is 0.151 e. The summed E-state index contributed by atoms with van der Waals surface area (Å²) in [7, 11) is 0. The quantitative estimate of drug-likeness (QED) is 0.747. The fraction of sp³-hybridized carbons (Fsp3) is 0.583. The van der Waals surface area contributed by atoms with Crippen LogP contribution in [0, 0.1) is 12.8 Å². The number of nitrogen functional groups attached to an aromatic ring is 1. The molecule has 4 nitrogen and oxygen atoms in total. The number of aliphatic hydroxyl groups excluding tert-OH is 1. The third-order valence-electron chi connectivity index (χ3n) is 3.19. The van der Waals surface area contributed by atoms with E-state index in [4.69, 9.17) is 5.73 Å². The molecule has 88 valence electrons. The molecule has 2 unspecified atom stereocenters. The fourth-order valence-electron chi connectivity index (χ4n) is 2.17. The first-order valence-corrected chi connectivity index (χ1v) is 5.73. The zero-order chi connectivity index (χ0) is 11.7. The van der Waals surface area contributed by atoms with E-state index in [1.807, 2.05) is 19.2 Å². The molecule has 2 rings (SSSR count). The number of piperidine rings is 1. The average Bonchev–Trinajstić information content (AvgIpc) is 2.22. The number of pyridine rings is 1. The van der Waals surface area contributed by atoms with Crippen LogP contribution in [-0.2, 0) is 0 Å². The van der Waals surface area contributed by atoms with Crippen LogP contribution >= 0.6 is 0 Å². The highest BCUT2D eigenvalue weighted by molar-refractivity contribution is 5.63. The average molecular weight is 221 g/mol. The zero-order valence-electron chi connectivity index (χ0n) is 9.85. The van der Waals surface area contributed by atoms with Gasteiger partial charge in [0.2, 0.25) is 0 Å². The smallest absolute Gasteiger partial charge is 0.151 e. The van der Waals surface area contributed by atoms with E-state index in [0.717, 1.165) is 36.6 Å². The summed E-state index contributed by atoms with van der Waals surface area (Å²) in [6, 6.07) is 1.94. The van der Waals surface area contributed by atoms with Crippen molar-refractivity contribution in [2.24, 2.45) is 5.92 Å². The summed E-state index contributed by atoms with van der Waals surface area (Å²) in [6.45, 7) is 5.68. The van der Waals surface area contributed by atoms with Crippen LogP contribution in [0.25, 0.3) is 0 Å². The second kappa shape index (κ2) is 4.29. The maximum atomic E-state index is 9.68. The predicted octanol–water partition coefficient (Wildman–Crippen LogP) is 1.18. The van der Waals surface area contributed by atoms with Gasteiger partial charge in [-0.15, -0.1) is 0 Å². The van der Waals surface area contributed by atoms with Crippen LogP contribution in [0.3, 0.4) is 0 Å². The van der Waals surface area contributed by atoms with Gasteiger partial charge in [-0.3, -0.25) is 0 Å². The molecule has 2 heterocycles. The van der Waals surface area contributed by atoms with Crippen molar-refractivity contribution in [2.75, 3.05) is 23.7 Å². The van der Waals surface area contributed by atoms with Crippen molar-refractivity contribution in [2.45, 2.75) is 26.4 Å². The Morgan fingerprint density at radius 2 is 2.31 bits per heavy atom. The van der Waals surface area contributed by atoms with Crippen molar-refractivity contribution in [1.29, 1.82) is 0 Å². The van der Waals surface area contributed by atoms with Gasteiger partial charge in [0.05, 0.1) is 11.8 Å². The van der Waals surface area contributed by atoms with Crippen LogP contribution in [0.4, 0.5) is 11.5 Å². The Labute approximate surface area is 96.1 Å². The molecule has 1 fully saturated rings. The largest absolute Gasteiger partial charge is 0.396 e. The highest BCUT2D eigenvalue weighted by atomic mass is 16.3. The van der Waals surface area contributed by atoms with Gasteiger partial charge in [0.25, 0.3) is 0 Å². The van der Waals surface area contributed by atoms with Gasteiger partial charge in [0.1, 0.15) is 0 Å². The highest BCUT2D eigenvalue weighted by Gasteiger charge is 2.25. The molecule has 16 heavy (non-hydrogen) atoms. The molecule has 0 amide bonds. The lowest BCUT2D eigenvalue weighted by Crippen LogP contribution is -2.42. The van der Waals surface area contributed by atoms with Gasteiger partial charge >= 0.3 is 0 Å². The van der Waals surface area contributed by atoms with Gasteiger partial charge < -0.3 is 15.7 Å². The molecule has 0 aliphatic carbocycles. The van der Waals surface area contributed by atoms with Gasteiger partial charge in [-0.25, -0.2) is 4.98 Å². The SMILES string of the molecule is Cc1cnc(N2CCC(O)C(C)C2)c(N)c1. The summed E-state index contributed by atoms with van der Waals surface area (Å²) in [5.41, 5.74) is 7.77. The normalized spacial score (nSPS) is 25.8. The number of nitrogens with zero attached hydrogens (tertiary/aromatic N) is 2. The van der Waals surface area contributed by atoms with Gasteiger partial charge in [0.15, 0.2) is 5.82 Å². The number of aliphatic hydroxyl groups is 1. The van der Waals surface area contributed by atoms with Crippen molar-refractivity contribution in [3.63, 3.8) is 0 Å². The summed E-state index contributed by atoms with van der Waals surface area (Å²) in [5, 5.41) is 9.68. The molecule has 0 bridgehead atoms. The minimum atomic E-state index is -0.192. The Bertz CT molecular complexity index is 381. The summed E-state index contributed by atoms with van der Waals surface area (Å²) >= 11 is 0. The van der Waals surface area contributed by atoms with Gasteiger partial charge in [-0.2, -0.15) is 0 Å². The van der Waals surface area contributed by atoms with E-state index >= 15 is 0 Å². The summed E-state index contributed by atoms with van der Waals surface area (Å²) in [5.74, 6) is 1.13. The standard InChI is InChI=1S/C12H19N3O/c1-8-5-10(13)12(14-6-8)15-4-3-11(16)9(2)7-15/h5-6,9,11,16H,3-4,7,13H2,1-2H3. The Morgan fingerprint density at radius 3 is 2.94 bits per heavy atom. The molecule has 1 aromatic rings. The second-order valence-electron chi connectivity index (χ2n) is 4.70. The number of anilines is 2. The van der Waals surface area contributed by atoms with E-state index in [9.17, 15) is 5.11 Å². The molecule has 0 spiro atoms. The minimum Gasteiger partial charge on any atom is -0.396 e. The van der Waals surface area contributed by atoms with E-state index in [-0.39, 0.29) is 12.0 Å². The molecular formula is C12H19N3O. The molecular weight excluding hydrogens is 202 g/mol. The van der Waals surface area contributed by atoms with Crippen LogP contribution in [0.2, 0.25) is 0 Å². The van der Waals surface area contributed by atoms with E-state index in [1.54, 1.807) is 0 Å². The molecule has 1 aliphatic rings. The summed E-state index contributed by atoms with van der Waals surface area (Å²) in [6.07, 6.45) is 2.43. The van der Waals surface area contributed by atoms with E-state index < -0.39 is 0 Å². The molecule has 1 aromatic heterocycles. The van der Waals surface area contributed by atoms with Crippen molar-refractivity contribution >= 4 is 11.5 Å². The number of hydrogen-bond acceptors (Lipinski definition) is 4. The van der Waals surface area contributed by atoms with Gasteiger partial charge in [-0.1, -0.05) is 6.92 Å². The lowest BCUT2D eigenvalue weighted by atomic mass is 9.97. The molecule has 3 N–H and O–H groups in total. The maximum absolute atomic E-state index is 9.68. The lowest BCUT2D eigenvalue weighted by Gasteiger charge is -2.35. The first-order valence-electron chi connectivity index (χ1n) is 5.73. The molecule has 4 heteroatoms. The zero-order valence-corrected chi connectivity index (χ0v) is 9.85. The summed E-state index contributed by atoms with van der Waals surface area (Å²) < 4.78 is 0.